The van der Waals surface area contributed by atoms with E-state index in [1.807, 2.05) is 24.5 Å². The molecule has 0 spiro atoms. The van der Waals surface area contributed by atoms with Crippen molar-refractivity contribution < 1.29 is 19.2 Å². The first kappa shape index (κ1) is 22.6. The molecule has 8 nitrogen and oxygen atoms in total. The van der Waals surface area contributed by atoms with Crippen molar-refractivity contribution in [2.45, 2.75) is 13.8 Å². The molecule has 0 bridgehead atoms. The molecule has 4 rings (SSSR count). The zero-order valence-corrected chi connectivity index (χ0v) is 19.4. The Morgan fingerprint density at radius 2 is 1.88 bits per heavy atom. The van der Waals surface area contributed by atoms with Gasteiger partial charge in [0, 0.05) is 28.5 Å². The number of non-ortho nitro benzene ring substituents is 1. The second kappa shape index (κ2) is 8.76. The Bertz CT molecular complexity index is 1350. The third-order valence-electron chi connectivity index (χ3n) is 5.23. The fourth-order valence-electron chi connectivity index (χ4n) is 3.72. The van der Waals surface area contributed by atoms with Crippen molar-refractivity contribution in [1.29, 1.82) is 0 Å². The van der Waals surface area contributed by atoms with E-state index < -0.39 is 16.1 Å². The summed E-state index contributed by atoms with van der Waals surface area (Å²) >= 11 is 6.86. The number of aromatic nitrogens is 1. The molecule has 0 aliphatic carbocycles. The summed E-state index contributed by atoms with van der Waals surface area (Å²) in [6.07, 6.45) is 1.65. The van der Waals surface area contributed by atoms with Crippen LogP contribution in [0.15, 0.2) is 53.4 Å². The Balaban J connectivity index is 1.76. The molecule has 0 saturated carbocycles. The molecular formula is C23H18ClN3O5S. The molecule has 33 heavy (non-hydrogen) atoms. The number of hydrogen-bond donors (Lipinski definition) is 0. The second-order valence-corrected chi connectivity index (χ2v) is 8.70. The molecule has 10 heteroatoms. The van der Waals surface area contributed by atoms with Crippen LogP contribution in [-0.4, -0.2) is 27.7 Å². The zero-order valence-electron chi connectivity index (χ0n) is 17.9. The quantitative estimate of drug-likeness (QED) is 0.254. The highest BCUT2D eigenvalue weighted by Gasteiger charge is 2.36. The lowest BCUT2D eigenvalue weighted by Crippen LogP contribution is -2.27. The van der Waals surface area contributed by atoms with E-state index in [0.29, 0.717) is 27.7 Å². The third-order valence-corrected chi connectivity index (χ3v) is 6.34. The van der Waals surface area contributed by atoms with Gasteiger partial charge in [-0.15, -0.1) is 0 Å². The number of nitro groups is 1. The van der Waals surface area contributed by atoms with Crippen LogP contribution in [0.4, 0.5) is 16.2 Å². The number of imide groups is 1. The van der Waals surface area contributed by atoms with Gasteiger partial charge in [-0.2, -0.15) is 0 Å². The predicted octanol–water partition coefficient (Wildman–Crippen LogP) is 5.91. The number of anilines is 1. The molecule has 2 aromatic carbocycles. The molecule has 1 fully saturated rings. The van der Waals surface area contributed by atoms with E-state index >= 15 is 0 Å². The first-order valence-electron chi connectivity index (χ1n) is 9.76. The lowest BCUT2D eigenvalue weighted by molar-refractivity contribution is -0.384. The summed E-state index contributed by atoms with van der Waals surface area (Å²) in [6.45, 7) is 3.68. The highest BCUT2D eigenvalue weighted by atomic mass is 35.5. The molecule has 1 saturated heterocycles. The highest BCUT2D eigenvalue weighted by Crippen LogP contribution is 2.38. The van der Waals surface area contributed by atoms with E-state index in [4.69, 9.17) is 16.3 Å². The van der Waals surface area contributed by atoms with Crippen LogP contribution >= 0.6 is 23.4 Å². The number of methoxy groups -OCH3 is 1. The number of benzene rings is 2. The number of nitrogens with zero attached hydrogens (tertiary/aromatic N) is 3. The minimum absolute atomic E-state index is 0.0671. The molecular weight excluding hydrogens is 466 g/mol. The van der Waals surface area contributed by atoms with Crippen molar-refractivity contribution in [3.63, 3.8) is 0 Å². The van der Waals surface area contributed by atoms with Crippen LogP contribution in [0.5, 0.6) is 5.75 Å². The highest BCUT2D eigenvalue weighted by molar-refractivity contribution is 8.19. The average molecular weight is 484 g/mol. The molecule has 1 aromatic heterocycles. The Morgan fingerprint density at radius 3 is 2.55 bits per heavy atom. The van der Waals surface area contributed by atoms with Gasteiger partial charge in [0.05, 0.1) is 28.3 Å². The Labute approximate surface area is 198 Å². The van der Waals surface area contributed by atoms with E-state index in [2.05, 4.69) is 0 Å². The summed E-state index contributed by atoms with van der Waals surface area (Å²) < 4.78 is 7.23. The number of amides is 2. The predicted molar refractivity (Wildman–Crippen MR) is 128 cm³/mol. The van der Waals surface area contributed by atoms with Crippen LogP contribution in [0.2, 0.25) is 5.02 Å². The molecule has 0 radical (unpaired) electrons. The molecule has 2 heterocycles. The van der Waals surface area contributed by atoms with Gasteiger partial charge >= 0.3 is 0 Å². The maximum absolute atomic E-state index is 13.0. The van der Waals surface area contributed by atoms with Crippen LogP contribution in [0.3, 0.4) is 0 Å². The zero-order chi connectivity index (χ0) is 23.9. The van der Waals surface area contributed by atoms with Crippen LogP contribution < -0.4 is 9.64 Å². The van der Waals surface area contributed by atoms with E-state index in [1.54, 1.807) is 36.4 Å². The largest absolute Gasteiger partial charge is 0.495 e. The van der Waals surface area contributed by atoms with Crippen molar-refractivity contribution >= 4 is 52.0 Å². The molecule has 0 N–H and O–H groups in total. The number of thioether (sulfide) groups is 1. The number of ether oxygens (including phenoxy) is 1. The summed E-state index contributed by atoms with van der Waals surface area (Å²) in [6, 6.07) is 12.7. The standard InChI is InChI=1S/C23H18ClN3O5S/c1-13-9-15(14(2)25(13)19-12-18(27(30)31)7-8-20(19)32-3)10-21-22(28)26(23(29)33-21)17-6-4-5-16(24)11-17/h4-12H,1-3H3/b21-10+. The first-order valence-corrected chi connectivity index (χ1v) is 11.0. The molecule has 1 aliphatic rings. The SMILES string of the molecule is COc1ccc([N+](=O)[O-])cc1-n1c(C)cc(/C=C2/SC(=O)N(c3cccc(Cl)c3)C2=O)c1C. The van der Waals surface area contributed by atoms with E-state index in [9.17, 15) is 19.7 Å². The van der Waals surface area contributed by atoms with E-state index in [-0.39, 0.29) is 10.6 Å². The van der Waals surface area contributed by atoms with Gasteiger partial charge in [-0.1, -0.05) is 17.7 Å². The number of rotatable bonds is 5. The van der Waals surface area contributed by atoms with Gasteiger partial charge in [0.15, 0.2) is 0 Å². The minimum Gasteiger partial charge on any atom is -0.495 e. The lowest BCUT2D eigenvalue weighted by Gasteiger charge is -2.14. The fraction of sp³-hybridized carbons (Fsp3) is 0.130. The van der Waals surface area contributed by atoms with Gasteiger partial charge in [0.2, 0.25) is 0 Å². The summed E-state index contributed by atoms with van der Waals surface area (Å²) in [5.74, 6) is 0.0280. The number of nitro benzene ring substituents is 1. The molecule has 0 atom stereocenters. The van der Waals surface area contributed by atoms with Crippen LogP contribution in [-0.2, 0) is 4.79 Å². The number of aryl methyl sites for hydroxylation is 1. The number of carbonyl (C=O) groups is 2. The van der Waals surface area contributed by atoms with Crippen LogP contribution in [0.1, 0.15) is 17.0 Å². The second-order valence-electron chi connectivity index (χ2n) is 7.27. The number of hydrogen-bond acceptors (Lipinski definition) is 6. The molecule has 1 aliphatic heterocycles. The maximum Gasteiger partial charge on any atom is 0.298 e. The summed E-state index contributed by atoms with van der Waals surface area (Å²) in [7, 11) is 1.49. The van der Waals surface area contributed by atoms with Crippen molar-refractivity contribution in [3.8, 4) is 11.4 Å². The van der Waals surface area contributed by atoms with Crippen molar-refractivity contribution in [3.05, 3.63) is 85.5 Å². The van der Waals surface area contributed by atoms with Gasteiger partial charge in [-0.3, -0.25) is 19.7 Å². The van der Waals surface area contributed by atoms with Gasteiger partial charge in [-0.25, -0.2) is 4.90 Å². The van der Waals surface area contributed by atoms with Crippen LogP contribution in [0, 0.1) is 24.0 Å². The lowest BCUT2D eigenvalue weighted by atomic mass is 10.2. The number of halogens is 1. The first-order chi connectivity index (χ1) is 15.7. The van der Waals surface area contributed by atoms with Gasteiger partial charge < -0.3 is 9.30 Å². The molecule has 3 aromatic rings. The van der Waals surface area contributed by atoms with Crippen LogP contribution in [0.25, 0.3) is 11.8 Å². The fourth-order valence-corrected chi connectivity index (χ4v) is 4.73. The Kier molecular flexibility index (Phi) is 6.01. The van der Waals surface area contributed by atoms with Gasteiger partial charge in [0.25, 0.3) is 16.8 Å². The monoisotopic (exact) mass is 483 g/mol. The maximum atomic E-state index is 13.0. The number of carbonyl (C=O) groups excluding carboxylic acids is 2. The Hall–Kier alpha value is -3.56. The molecule has 0 unspecified atom stereocenters. The average Bonchev–Trinajstić information content (AvgIpc) is 3.21. The van der Waals surface area contributed by atoms with Crippen molar-refractivity contribution in [1.82, 2.24) is 4.57 Å². The summed E-state index contributed by atoms with van der Waals surface area (Å²) in [5.41, 5.74) is 3.07. The van der Waals surface area contributed by atoms with Gasteiger partial charge in [0.1, 0.15) is 5.75 Å². The third kappa shape index (κ3) is 4.12. The Morgan fingerprint density at radius 1 is 1.12 bits per heavy atom. The topological polar surface area (TPSA) is 94.7 Å². The van der Waals surface area contributed by atoms with Crippen molar-refractivity contribution in [2.75, 3.05) is 12.0 Å². The minimum atomic E-state index is -0.468. The molecule has 168 valence electrons. The van der Waals surface area contributed by atoms with Gasteiger partial charge in [-0.05, 0) is 67.6 Å². The van der Waals surface area contributed by atoms with E-state index in [1.165, 1.54) is 19.2 Å². The summed E-state index contributed by atoms with van der Waals surface area (Å²) in [5, 5.41) is 11.3. The summed E-state index contributed by atoms with van der Waals surface area (Å²) in [4.78, 5) is 37.7. The van der Waals surface area contributed by atoms with E-state index in [0.717, 1.165) is 28.0 Å². The smallest absolute Gasteiger partial charge is 0.298 e. The normalized spacial score (nSPS) is 14.9. The van der Waals surface area contributed by atoms with Crippen molar-refractivity contribution in [2.24, 2.45) is 0 Å². The molecule has 2 amide bonds.